The van der Waals surface area contributed by atoms with Crippen molar-refractivity contribution in [3.05, 3.63) is 34.2 Å². The van der Waals surface area contributed by atoms with Crippen LogP contribution in [0.25, 0.3) is 0 Å². The van der Waals surface area contributed by atoms with Crippen molar-refractivity contribution >= 4 is 12.0 Å². The van der Waals surface area contributed by atoms with Gasteiger partial charge in [0.25, 0.3) is 5.91 Å². The summed E-state index contributed by atoms with van der Waals surface area (Å²) in [7, 11) is 1.33. The molecule has 7 nitrogen and oxygen atoms in total. The number of carbonyl (C=O) groups excluding carboxylic acids is 2. The van der Waals surface area contributed by atoms with Crippen molar-refractivity contribution < 1.29 is 14.3 Å². The summed E-state index contributed by atoms with van der Waals surface area (Å²) in [6, 6.07) is 2.84. The molecule has 2 rings (SSSR count). The fourth-order valence-electron chi connectivity index (χ4n) is 1.98. The average molecular weight is 265 g/mol. The van der Waals surface area contributed by atoms with Crippen LogP contribution in [0.4, 0.5) is 4.79 Å². The number of pyridine rings is 1. The number of amides is 2. The standard InChI is InChI=1S/C12H15N3O4/c1-19-12(18)15-6-4-14(5-7-15)11(17)9-2-3-13-10(16)8-9/h2-3,8H,4-7H2,1H3,(H,13,16). The first-order chi connectivity index (χ1) is 9.11. The number of hydrogen-bond donors (Lipinski definition) is 1. The maximum Gasteiger partial charge on any atom is 0.409 e. The van der Waals surface area contributed by atoms with E-state index in [-0.39, 0.29) is 17.6 Å². The van der Waals surface area contributed by atoms with Crippen molar-refractivity contribution in [3.63, 3.8) is 0 Å². The number of rotatable bonds is 1. The first-order valence-electron chi connectivity index (χ1n) is 5.92. The van der Waals surface area contributed by atoms with Crippen molar-refractivity contribution in [2.45, 2.75) is 0 Å². The van der Waals surface area contributed by atoms with Crippen LogP contribution < -0.4 is 5.56 Å². The lowest BCUT2D eigenvalue weighted by atomic mass is 10.2. The zero-order chi connectivity index (χ0) is 13.8. The Morgan fingerprint density at radius 2 is 1.84 bits per heavy atom. The third kappa shape index (κ3) is 2.93. The molecule has 1 aromatic heterocycles. The van der Waals surface area contributed by atoms with Gasteiger partial charge < -0.3 is 19.5 Å². The molecule has 1 aliphatic rings. The Morgan fingerprint density at radius 1 is 1.21 bits per heavy atom. The maximum atomic E-state index is 12.1. The molecule has 0 unspecified atom stereocenters. The Morgan fingerprint density at radius 3 is 2.42 bits per heavy atom. The first kappa shape index (κ1) is 13.1. The van der Waals surface area contributed by atoms with Gasteiger partial charge in [-0.2, -0.15) is 0 Å². The monoisotopic (exact) mass is 265 g/mol. The number of piperazine rings is 1. The second kappa shape index (κ2) is 5.55. The predicted molar refractivity (Wildman–Crippen MR) is 66.9 cm³/mol. The number of methoxy groups -OCH3 is 1. The fourth-order valence-corrected chi connectivity index (χ4v) is 1.98. The lowest BCUT2D eigenvalue weighted by Gasteiger charge is -2.33. The summed E-state index contributed by atoms with van der Waals surface area (Å²) < 4.78 is 4.62. The summed E-state index contributed by atoms with van der Waals surface area (Å²) in [4.78, 5) is 40.2. The minimum Gasteiger partial charge on any atom is -0.453 e. The largest absolute Gasteiger partial charge is 0.453 e. The van der Waals surface area contributed by atoms with Gasteiger partial charge in [0.05, 0.1) is 7.11 Å². The van der Waals surface area contributed by atoms with Crippen molar-refractivity contribution in [1.82, 2.24) is 14.8 Å². The second-order valence-corrected chi connectivity index (χ2v) is 4.19. The van der Waals surface area contributed by atoms with Crippen molar-refractivity contribution in [1.29, 1.82) is 0 Å². The highest BCUT2D eigenvalue weighted by atomic mass is 16.5. The third-order valence-electron chi connectivity index (χ3n) is 3.02. The summed E-state index contributed by atoms with van der Waals surface area (Å²) in [6.45, 7) is 1.73. The summed E-state index contributed by atoms with van der Waals surface area (Å²) in [5.41, 5.74) is 0.0503. The van der Waals surface area contributed by atoms with Gasteiger partial charge in [-0.1, -0.05) is 0 Å². The number of aromatic nitrogens is 1. The van der Waals surface area contributed by atoms with Crippen LogP contribution in [0.15, 0.2) is 23.1 Å². The third-order valence-corrected chi connectivity index (χ3v) is 3.02. The quantitative estimate of drug-likeness (QED) is 0.768. The van der Waals surface area contributed by atoms with Crippen molar-refractivity contribution in [2.24, 2.45) is 0 Å². The van der Waals surface area contributed by atoms with Crippen LogP contribution in [0.1, 0.15) is 10.4 Å². The molecule has 1 N–H and O–H groups in total. The second-order valence-electron chi connectivity index (χ2n) is 4.19. The molecular weight excluding hydrogens is 250 g/mol. The number of carbonyl (C=O) groups is 2. The number of nitrogens with one attached hydrogen (secondary N) is 1. The van der Waals surface area contributed by atoms with E-state index in [9.17, 15) is 14.4 Å². The lowest BCUT2D eigenvalue weighted by Crippen LogP contribution is -2.50. The number of hydrogen-bond acceptors (Lipinski definition) is 4. The maximum absolute atomic E-state index is 12.1. The van der Waals surface area contributed by atoms with E-state index >= 15 is 0 Å². The fraction of sp³-hybridized carbons (Fsp3) is 0.417. The van der Waals surface area contributed by atoms with Gasteiger partial charge in [-0.15, -0.1) is 0 Å². The molecule has 1 aromatic rings. The van der Waals surface area contributed by atoms with Crippen LogP contribution in [0.3, 0.4) is 0 Å². The molecule has 0 bridgehead atoms. The molecule has 0 aromatic carbocycles. The minimum atomic E-state index is -0.386. The number of H-pyrrole nitrogens is 1. The Balaban J connectivity index is 2.00. The summed E-state index contributed by atoms with van der Waals surface area (Å²) in [5, 5.41) is 0. The smallest absolute Gasteiger partial charge is 0.409 e. The van der Waals surface area contributed by atoms with E-state index in [1.54, 1.807) is 15.9 Å². The van der Waals surface area contributed by atoms with Gasteiger partial charge in [-0.25, -0.2) is 4.79 Å². The highest BCUT2D eigenvalue weighted by molar-refractivity contribution is 5.94. The predicted octanol–water partition coefficient (Wildman–Crippen LogP) is -0.101. The number of aromatic amines is 1. The number of ether oxygens (including phenoxy) is 1. The SMILES string of the molecule is COC(=O)N1CCN(C(=O)c2cc[nH]c(=O)c2)CC1. The van der Waals surface area contributed by atoms with Gasteiger partial charge in [0.1, 0.15) is 0 Å². The normalized spacial score (nSPS) is 15.2. The topological polar surface area (TPSA) is 82.7 Å². The van der Waals surface area contributed by atoms with Gasteiger partial charge in [0.15, 0.2) is 0 Å². The molecule has 0 saturated carbocycles. The first-order valence-corrected chi connectivity index (χ1v) is 5.92. The zero-order valence-electron chi connectivity index (χ0n) is 10.6. The zero-order valence-corrected chi connectivity index (χ0v) is 10.6. The molecule has 1 aliphatic heterocycles. The van der Waals surface area contributed by atoms with Crippen molar-refractivity contribution in [2.75, 3.05) is 33.3 Å². The van der Waals surface area contributed by atoms with Crippen LogP contribution in [0.2, 0.25) is 0 Å². The lowest BCUT2D eigenvalue weighted by molar-refractivity contribution is 0.0599. The molecule has 0 spiro atoms. The van der Waals surface area contributed by atoms with E-state index in [0.29, 0.717) is 31.7 Å². The summed E-state index contributed by atoms with van der Waals surface area (Å²) >= 11 is 0. The van der Waals surface area contributed by atoms with Crippen LogP contribution in [0.5, 0.6) is 0 Å². The highest BCUT2D eigenvalue weighted by Crippen LogP contribution is 2.07. The molecule has 0 aliphatic carbocycles. The van der Waals surface area contributed by atoms with Crippen molar-refractivity contribution in [3.8, 4) is 0 Å². The molecule has 0 atom stereocenters. The van der Waals surface area contributed by atoms with E-state index in [1.807, 2.05) is 0 Å². The molecule has 102 valence electrons. The van der Waals surface area contributed by atoms with Crippen LogP contribution >= 0.6 is 0 Å². The Hall–Kier alpha value is -2.31. The molecule has 1 saturated heterocycles. The average Bonchev–Trinajstić information content (AvgIpc) is 2.46. The van der Waals surface area contributed by atoms with Crippen LogP contribution in [-0.4, -0.2) is 60.1 Å². The Kier molecular flexibility index (Phi) is 3.84. The summed E-state index contributed by atoms with van der Waals surface area (Å²) in [6.07, 6.45) is 1.06. The van der Waals surface area contributed by atoms with Crippen LogP contribution in [-0.2, 0) is 4.74 Å². The van der Waals surface area contributed by atoms with E-state index in [0.717, 1.165) is 0 Å². The van der Waals surface area contributed by atoms with Gasteiger partial charge in [0.2, 0.25) is 5.56 Å². The van der Waals surface area contributed by atoms with Gasteiger partial charge >= 0.3 is 6.09 Å². The molecule has 19 heavy (non-hydrogen) atoms. The molecule has 7 heteroatoms. The van der Waals surface area contributed by atoms with E-state index in [4.69, 9.17) is 0 Å². The van der Waals surface area contributed by atoms with E-state index < -0.39 is 0 Å². The molecule has 2 amide bonds. The highest BCUT2D eigenvalue weighted by Gasteiger charge is 2.25. The molecule has 1 fully saturated rings. The van der Waals surface area contributed by atoms with E-state index in [1.165, 1.54) is 19.4 Å². The van der Waals surface area contributed by atoms with Gasteiger partial charge in [0, 0.05) is 44.0 Å². The Labute approximate surface area is 109 Å². The Bertz CT molecular complexity index is 532. The molecule has 2 heterocycles. The molecule has 0 radical (unpaired) electrons. The number of nitrogens with zero attached hydrogens (tertiary/aromatic N) is 2. The minimum absolute atomic E-state index is 0.199. The van der Waals surface area contributed by atoms with Crippen LogP contribution in [0, 0.1) is 0 Å². The van der Waals surface area contributed by atoms with Gasteiger partial charge in [-0.3, -0.25) is 9.59 Å². The van der Waals surface area contributed by atoms with E-state index in [2.05, 4.69) is 9.72 Å². The molecular formula is C12H15N3O4. The van der Waals surface area contributed by atoms with Gasteiger partial charge in [-0.05, 0) is 6.07 Å². The summed E-state index contributed by atoms with van der Waals surface area (Å²) in [5.74, 6) is -0.199.